The predicted molar refractivity (Wildman–Crippen MR) is 101 cm³/mol. The lowest BCUT2D eigenvalue weighted by Crippen LogP contribution is -2.38. The molecule has 0 saturated carbocycles. The maximum Gasteiger partial charge on any atom is 0.193 e. The van der Waals surface area contributed by atoms with Crippen molar-refractivity contribution in [2.45, 2.75) is 32.7 Å². The Bertz CT molecular complexity index is 415. The van der Waals surface area contributed by atoms with Gasteiger partial charge in [0.2, 0.25) is 0 Å². The second-order valence-corrected chi connectivity index (χ2v) is 5.73. The van der Waals surface area contributed by atoms with E-state index >= 15 is 0 Å². The van der Waals surface area contributed by atoms with Gasteiger partial charge in [0.25, 0.3) is 0 Å². The first kappa shape index (κ1) is 19.4. The summed E-state index contributed by atoms with van der Waals surface area (Å²) in [4.78, 5) is 9.28. The van der Waals surface area contributed by atoms with Crippen LogP contribution in [0.1, 0.15) is 29.5 Å². The van der Waals surface area contributed by atoms with E-state index < -0.39 is 0 Å². The second-order valence-electron chi connectivity index (χ2n) is 4.47. The highest BCUT2D eigenvalue weighted by Crippen LogP contribution is 2.16. The van der Waals surface area contributed by atoms with Crippen LogP contribution in [0, 0.1) is 0 Å². The number of aryl methyl sites for hydroxylation is 1. The average molecular weight is 407 g/mol. The number of rotatable bonds is 7. The summed E-state index contributed by atoms with van der Waals surface area (Å²) in [6.07, 6.45) is 5.23. The van der Waals surface area contributed by atoms with Gasteiger partial charge in [-0.15, -0.1) is 41.9 Å². The zero-order valence-corrected chi connectivity index (χ0v) is 15.8. The largest absolute Gasteiger partial charge is 0.351 e. The Morgan fingerprint density at radius 1 is 1.45 bits per heavy atom. The molecule has 3 nitrogen and oxygen atoms in total. The van der Waals surface area contributed by atoms with Gasteiger partial charge in [0.15, 0.2) is 5.96 Å². The van der Waals surface area contributed by atoms with Crippen molar-refractivity contribution >= 4 is 41.3 Å². The number of hydrogen-bond acceptors (Lipinski definition) is 2. The highest BCUT2D eigenvalue weighted by molar-refractivity contribution is 14.0. The van der Waals surface area contributed by atoms with Crippen LogP contribution in [0.15, 0.2) is 29.8 Å². The summed E-state index contributed by atoms with van der Waals surface area (Å²) in [7, 11) is 3.91. The first-order valence-corrected chi connectivity index (χ1v) is 7.63. The van der Waals surface area contributed by atoms with Crippen molar-refractivity contribution in [3.8, 4) is 0 Å². The van der Waals surface area contributed by atoms with E-state index in [1.807, 2.05) is 24.5 Å². The summed E-state index contributed by atoms with van der Waals surface area (Å²) >= 11 is 1.87. The molecule has 1 aromatic rings. The molecule has 0 fully saturated rings. The number of aliphatic imine (C=N–C) groups is 1. The van der Waals surface area contributed by atoms with Crippen molar-refractivity contribution in [2.75, 3.05) is 20.6 Å². The molecule has 0 bridgehead atoms. The fourth-order valence-corrected chi connectivity index (χ4v) is 2.73. The minimum absolute atomic E-state index is 0. The molecule has 114 valence electrons. The molecule has 0 aromatic carbocycles. The van der Waals surface area contributed by atoms with Crippen molar-refractivity contribution in [3.05, 3.63) is 34.5 Å². The molecule has 0 aliphatic heterocycles. The van der Waals surface area contributed by atoms with Gasteiger partial charge in [0.05, 0.1) is 6.54 Å². The Morgan fingerprint density at radius 3 is 2.70 bits per heavy atom. The number of unbranched alkanes of at least 4 members (excludes halogenated alkanes) is 1. The van der Waals surface area contributed by atoms with Gasteiger partial charge in [-0.1, -0.05) is 13.0 Å². The Labute approximate surface area is 144 Å². The molecule has 1 heterocycles. The van der Waals surface area contributed by atoms with Crippen molar-refractivity contribution in [3.63, 3.8) is 0 Å². The topological polar surface area (TPSA) is 27.6 Å². The molecule has 0 saturated heterocycles. The van der Waals surface area contributed by atoms with E-state index in [1.165, 1.54) is 9.75 Å². The molecule has 0 unspecified atom stereocenters. The maximum absolute atomic E-state index is 4.32. The summed E-state index contributed by atoms with van der Waals surface area (Å²) in [5.74, 6) is 0.954. The highest BCUT2D eigenvalue weighted by Gasteiger charge is 2.05. The molecule has 5 heteroatoms. The van der Waals surface area contributed by atoms with Gasteiger partial charge >= 0.3 is 0 Å². The smallest absolute Gasteiger partial charge is 0.193 e. The SMILES string of the molecule is C=CCCCN(C)C(=NC)NCc1ccc(CC)s1.I. The molecule has 1 N–H and O–H groups in total. The normalized spacial score (nSPS) is 10.8. The second kappa shape index (κ2) is 11.1. The summed E-state index contributed by atoms with van der Waals surface area (Å²) in [5, 5.41) is 3.41. The van der Waals surface area contributed by atoms with Gasteiger partial charge in [0.1, 0.15) is 0 Å². The van der Waals surface area contributed by atoms with E-state index in [4.69, 9.17) is 0 Å². The molecule has 1 aromatic heterocycles. The Kier molecular flexibility index (Phi) is 10.8. The molecule has 0 radical (unpaired) electrons. The zero-order valence-electron chi connectivity index (χ0n) is 12.7. The third kappa shape index (κ3) is 6.74. The van der Waals surface area contributed by atoms with Crippen LogP contribution in [0.5, 0.6) is 0 Å². The highest BCUT2D eigenvalue weighted by atomic mass is 127. The molecule has 0 amide bonds. The molecular weight excluding hydrogens is 381 g/mol. The number of nitrogens with one attached hydrogen (secondary N) is 1. The van der Waals surface area contributed by atoms with Gasteiger partial charge in [-0.05, 0) is 31.4 Å². The van der Waals surface area contributed by atoms with Crippen molar-refractivity contribution in [2.24, 2.45) is 4.99 Å². The van der Waals surface area contributed by atoms with Crippen LogP contribution in [0.25, 0.3) is 0 Å². The minimum Gasteiger partial charge on any atom is -0.351 e. The predicted octanol–water partition coefficient (Wildman–Crippen LogP) is 3.90. The standard InChI is InChI=1S/C15H25N3S.HI/c1-5-7-8-11-18(4)15(16-3)17-12-14-10-9-13(6-2)19-14;/h5,9-10H,1,6-8,11-12H2,2-4H3,(H,16,17);1H. The number of thiophene rings is 1. The summed E-state index contributed by atoms with van der Waals surface area (Å²) in [6, 6.07) is 4.40. The number of hydrogen-bond donors (Lipinski definition) is 1. The van der Waals surface area contributed by atoms with E-state index in [1.54, 1.807) is 0 Å². The lowest BCUT2D eigenvalue weighted by atomic mass is 10.3. The number of allylic oxidation sites excluding steroid dienone is 1. The Balaban J connectivity index is 0.00000361. The van der Waals surface area contributed by atoms with E-state index in [0.717, 1.165) is 38.3 Å². The molecule has 0 atom stereocenters. The fraction of sp³-hybridized carbons (Fsp3) is 0.533. The van der Waals surface area contributed by atoms with E-state index in [-0.39, 0.29) is 24.0 Å². The maximum atomic E-state index is 4.32. The molecular formula is C15H26IN3S. The number of guanidine groups is 1. The molecule has 0 spiro atoms. The van der Waals surface area contributed by atoms with E-state index in [2.05, 4.69) is 47.9 Å². The van der Waals surface area contributed by atoms with E-state index in [9.17, 15) is 0 Å². The third-order valence-corrected chi connectivity index (χ3v) is 4.19. The van der Waals surface area contributed by atoms with Gasteiger partial charge < -0.3 is 10.2 Å². The first-order valence-electron chi connectivity index (χ1n) is 6.81. The van der Waals surface area contributed by atoms with Crippen LogP contribution in [0.3, 0.4) is 0 Å². The summed E-state index contributed by atoms with van der Waals surface area (Å²) < 4.78 is 0. The van der Waals surface area contributed by atoms with Crippen LogP contribution < -0.4 is 5.32 Å². The molecule has 20 heavy (non-hydrogen) atoms. The van der Waals surface area contributed by atoms with Gasteiger partial charge in [0, 0.05) is 30.4 Å². The monoisotopic (exact) mass is 407 g/mol. The van der Waals surface area contributed by atoms with Crippen LogP contribution in [0.2, 0.25) is 0 Å². The molecule has 0 aliphatic rings. The average Bonchev–Trinajstić information content (AvgIpc) is 2.88. The van der Waals surface area contributed by atoms with Gasteiger partial charge in [-0.25, -0.2) is 0 Å². The minimum atomic E-state index is 0. The number of halogens is 1. The molecule has 1 rings (SSSR count). The van der Waals surface area contributed by atoms with Gasteiger partial charge in [-0.2, -0.15) is 0 Å². The van der Waals surface area contributed by atoms with Crippen LogP contribution in [-0.2, 0) is 13.0 Å². The zero-order chi connectivity index (χ0) is 14.1. The lowest BCUT2D eigenvalue weighted by Gasteiger charge is -2.21. The Morgan fingerprint density at radius 2 is 2.15 bits per heavy atom. The fourth-order valence-electron chi connectivity index (χ4n) is 1.84. The first-order chi connectivity index (χ1) is 9.21. The summed E-state index contributed by atoms with van der Waals surface area (Å²) in [5.41, 5.74) is 0. The quantitative estimate of drug-likeness (QED) is 0.244. The summed E-state index contributed by atoms with van der Waals surface area (Å²) in [6.45, 7) is 7.78. The van der Waals surface area contributed by atoms with Crippen molar-refractivity contribution in [1.29, 1.82) is 0 Å². The molecule has 0 aliphatic carbocycles. The van der Waals surface area contributed by atoms with E-state index in [0.29, 0.717) is 0 Å². The van der Waals surface area contributed by atoms with Crippen LogP contribution >= 0.6 is 35.3 Å². The van der Waals surface area contributed by atoms with Gasteiger partial charge in [-0.3, -0.25) is 4.99 Å². The van der Waals surface area contributed by atoms with Crippen LogP contribution in [0.4, 0.5) is 0 Å². The van der Waals surface area contributed by atoms with Crippen molar-refractivity contribution in [1.82, 2.24) is 10.2 Å². The van der Waals surface area contributed by atoms with Crippen molar-refractivity contribution < 1.29 is 0 Å². The number of nitrogens with zero attached hydrogens (tertiary/aromatic N) is 2. The third-order valence-electron chi connectivity index (χ3n) is 2.96. The Hall–Kier alpha value is -0.560. The lowest BCUT2D eigenvalue weighted by molar-refractivity contribution is 0.470. The van der Waals surface area contributed by atoms with Crippen LogP contribution in [-0.4, -0.2) is 31.5 Å².